The van der Waals surface area contributed by atoms with Crippen LogP contribution in [-0.2, 0) is 0 Å². The first-order valence-electron chi connectivity index (χ1n) is 9.24. The molecule has 0 fully saturated rings. The molecule has 5 heteroatoms. The van der Waals surface area contributed by atoms with Crippen LogP contribution in [0.5, 0.6) is 11.5 Å². The number of nitrogens with zero attached hydrogens (tertiary/aromatic N) is 2. The second-order valence-electron chi connectivity index (χ2n) is 6.93. The summed E-state index contributed by atoms with van der Waals surface area (Å²) in [5.41, 5.74) is 4.35. The van der Waals surface area contributed by atoms with Gasteiger partial charge in [-0.15, -0.1) is 0 Å². The van der Waals surface area contributed by atoms with Crippen molar-refractivity contribution in [3.05, 3.63) is 94.5 Å². The van der Waals surface area contributed by atoms with E-state index in [4.69, 9.17) is 26.2 Å². The summed E-state index contributed by atoms with van der Waals surface area (Å²) in [6.07, 6.45) is 0.546. The van der Waals surface area contributed by atoms with Crippen molar-refractivity contribution < 1.29 is 9.47 Å². The van der Waals surface area contributed by atoms with Gasteiger partial charge < -0.3 is 9.47 Å². The molecule has 2 heterocycles. The highest BCUT2D eigenvalue weighted by Gasteiger charge is 2.40. The highest BCUT2D eigenvalue weighted by molar-refractivity contribution is 6.30. The third kappa shape index (κ3) is 2.90. The minimum absolute atomic E-state index is 0.141. The Balaban J connectivity index is 1.56. The summed E-state index contributed by atoms with van der Waals surface area (Å²) in [5, 5.41) is 7.75. The predicted molar refractivity (Wildman–Crippen MR) is 110 cm³/mol. The molecule has 3 aromatic carbocycles. The maximum absolute atomic E-state index is 6.35. The summed E-state index contributed by atoms with van der Waals surface area (Å²) < 4.78 is 11.6. The summed E-state index contributed by atoms with van der Waals surface area (Å²) in [6, 6.07) is 24.2. The van der Waals surface area contributed by atoms with Gasteiger partial charge in [0.1, 0.15) is 11.5 Å². The fraction of sp³-hybridized carbons (Fsp3) is 0.174. The van der Waals surface area contributed by atoms with Gasteiger partial charge in [0.2, 0.25) is 6.23 Å². The second-order valence-corrected chi connectivity index (χ2v) is 7.37. The molecule has 2 aliphatic heterocycles. The predicted octanol–water partition coefficient (Wildman–Crippen LogP) is 5.59. The zero-order chi connectivity index (χ0) is 19.1. The molecule has 0 unspecified atom stereocenters. The lowest BCUT2D eigenvalue weighted by Gasteiger charge is -2.38. The number of methoxy groups -OCH3 is 1. The average Bonchev–Trinajstić information content (AvgIpc) is 3.20. The highest BCUT2D eigenvalue weighted by atomic mass is 35.5. The summed E-state index contributed by atoms with van der Waals surface area (Å²) in [7, 11) is 1.67. The van der Waals surface area contributed by atoms with E-state index in [9.17, 15) is 0 Å². The van der Waals surface area contributed by atoms with Crippen molar-refractivity contribution in [3.63, 3.8) is 0 Å². The summed E-state index contributed by atoms with van der Waals surface area (Å²) in [5.74, 6) is 1.75. The third-order valence-electron chi connectivity index (χ3n) is 5.28. The Hall–Kier alpha value is -2.98. The summed E-state index contributed by atoms with van der Waals surface area (Å²) in [4.78, 5) is 0. The number of fused-ring (bicyclic) bond motifs is 3. The van der Waals surface area contributed by atoms with Crippen LogP contribution < -0.4 is 9.47 Å². The van der Waals surface area contributed by atoms with Gasteiger partial charge in [-0.3, -0.25) is 0 Å². The lowest BCUT2D eigenvalue weighted by atomic mass is 9.96. The molecule has 0 N–H and O–H groups in total. The molecular formula is C23H19ClN2O2. The number of benzene rings is 3. The molecule has 5 rings (SSSR count). The van der Waals surface area contributed by atoms with Crippen LogP contribution in [0, 0.1) is 0 Å². The standard InChI is InChI=1S/C23H19ClN2O2/c1-27-18-12-8-15(9-13-18)20-14-21-19-4-2-3-5-22(19)28-23(26(21)25-20)16-6-10-17(24)11-7-16/h2-13,21,23H,14H2,1H3/t21-,23+/m0/s1. The molecule has 28 heavy (non-hydrogen) atoms. The van der Waals surface area contributed by atoms with E-state index in [0.717, 1.165) is 34.8 Å². The normalized spacial score (nSPS) is 20.1. The van der Waals surface area contributed by atoms with Crippen molar-refractivity contribution in [2.45, 2.75) is 18.7 Å². The fourth-order valence-corrected chi connectivity index (χ4v) is 3.97. The van der Waals surface area contributed by atoms with Gasteiger partial charge in [-0.2, -0.15) is 5.10 Å². The first-order valence-corrected chi connectivity index (χ1v) is 9.62. The van der Waals surface area contributed by atoms with E-state index in [-0.39, 0.29) is 12.3 Å². The van der Waals surface area contributed by atoms with Crippen LogP contribution in [0.1, 0.15) is 35.4 Å². The lowest BCUT2D eigenvalue weighted by Crippen LogP contribution is -2.33. The maximum Gasteiger partial charge on any atom is 0.213 e. The summed E-state index contributed by atoms with van der Waals surface area (Å²) in [6.45, 7) is 0. The monoisotopic (exact) mass is 390 g/mol. The molecule has 3 aromatic rings. The summed E-state index contributed by atoms with van der Waals surface area (Å²) >= 11 is 6.08. The number of rotatable bonds is 3. The van der Waals surface area contributed by atoms with Gasteiger partial charge >= 0.3 is 0 Å². The number of ether oxygens (including phenoxy) is 2. The van der Waals surface area contributed by atoms with E-state index in [1.165, 1.54) is 5.56 Å². The molecule has 0 bridgehead atoms. The van der Waals surface area contributed by atoms with Crippen molar-refractivity contribution in [1.82, 2.24) is 5.01 Å². The minimum atomic E-state index is -0.284. The third-order valence-corrected chi connectivity index (χ3v) is 5.53. The molecule has 140 valence electrons. The average molecular weight is 391 g/mol. The van der Waals surface area contributed by atoms with Crippen LogP contribution in [-0.4, -0.2) is 17.8 Å². The van der Waals surface area contributed by atoms with Crippen LogP contribution in [0.25, 0.3) is 0 Å². The van der Waals surface area contributed by atoms with Crippen molar-refractivity contribution in [3.8, 4) is 11.5 Å². The highest BCUT2D eigenvalue weighted by Crippen LogP contribution is 2.47. The Labute approximate surface area is 169 Å². The molecule has 0 aromatic heterocycles. The van der Waals surface area contributed by atoms with E-state index in [0.29, 0.717) is 5.02 Å². The SMILES string of the molecule is COc1ccc(C2=NN3[C@@H](c4ccc(Cl)cc4)Oc4ccccc4[C@@H]3C2)cc1. The van der Waals surface area contributed by atoms with E-state index >= 15 is 0 Å². The number of hydrogen-bond donors (Lipinski definition) is 0. The lowest BCUT2D eigenvalue weighted by molar-refractivity contribution is -0.0190. The number of hydrazone groups is 1. The molecule has 0 saturated heterocycles. The van der Waals surface area contributed by atoms with Gasteiger partial charge in [-0.1, -0.05) is 41.9 Å². The second kappa shape index (κ2) is 6.88. The molecule has 2 aliphatic rings. The van der Waals surface area contributed by atoms with Crippen molar-refractivity contribution >= 4 is 17.3 Å². The van der Waals surface area contributed by atoms with Gasteiger partial charge in [0.05, 0.1) is 18.9 Å². The van der Waals surface area contributed by atoms with E-state index in [1.807, 2.05) is 54.6 Å². The zero-order valence-corrected chi connectivity index (χ0v) is 16.1. The van der Waals surface area contributed by atoms with E-state index in [1.54, 1.807) is 7.11 Å². The fourth-order valence-electron chi connectivity index (χ4n) is 3.84. The van der Waals surface area contributed by atoms with Crippen molar-refractivity contribution in [2.75, 3.05) is 7.11 Å². The Morgan fingerprint density at radius 1 is 1.00 bits per heavy atom. The molecule has 0 aliphatic carbocycles. The number of para-hydroxylation sites is 1. The van der Waals surface area contributed by atoms with E-state index < -0.39 is 0 Å². The molecule has 0 radical (unpaired) electrons. The smallest absolute Gasteiger partial charge is 0.213 e. The molecule has 0 saturated carbocycles. The molecule has 2 atom stereocenters. The van der Waals surface area contributed by atoms with Gasteiger partial charge in [0, 0.05) is 22.6 Å². The Morgan fingerprint density at radius 2 is 1.75 bits per heavy atom. The van der Waals surface area contributed by atoms with Crippen LogP contribution in [0.15, 0.2) is 77.9 Å². The minimum Gasteiger partial charge on any atom is -0.497 e. The zero-order valence-electron chi connectivity index (χ0n) is 15.4. The van der Waals surface area contributed by atoms with Crippen LogP contribution >= 0.6 is 11.6 Å². The van der Waals surface area contributed by atoms with Crippen LogP contribution in [0.3, 0.4) is 0 Å². The quantitative estimate of drug-likeness (QED) is 0.584. The first kappa shape index (κ1) is 17.1. The van der Waals surface area contributed by atoms with Crippen LogP contribution in [0.4, 0.5) is 0 Å². The van der Waals surface area contributed by atoms with E-state index in [2.05, 4.69) is 23.2 Å². The largest absolute Gasteiger partial charge is 0.497 e. The van der Waals surface area contributed by atoms with Gasteiger partial charge in [0.15, 0.2) is 0 Å². The molecular weight excluding hydrogens is 372 g/mol. The van der Waals surface area contributed by atoms with Crippen LogP contribution in [0.2, 0.25) is 5.02 Å². The van der Waals surface area contributed by atoms with Crippen molar-refractivity contribution in [2.24, 2.45) is 5.10 Å². The molecule has 4 nitrogen and oxygen atoms in total. The number of hydrogen-bond acceptors (Lipinski definition) is 4. The van der Waals surface area contributed by atoms with Gasteiger partial charge in [-0.05, 0) is 48.0 Å². The first-order chi connectivity index (χ1) is 13.7. The maximum atomic E-state index is 6.35. The molecule has 0 spiro atoms. The van der Waals surface area contributed by atoms with Gasteiger partial charge in [-0.25, -0.2) is 5.01 Å². The number of halogens is 1. The Kier molecular flexibility index (Phi) is 4.21. The molecule has 0 amide bonds. The topological polar surface area (TPSA) is 34.1 Å². The van der Waals surface area contributed by atoms with Crippen molar-refractivity contribution in [1.29, 1.82) is 0 Å². The Bertz CT molecular complexity index is 1030. The Morgan fingerprint density at radius 3 is 2.50 bits per heavy atom. The van der Waals surface area contributed by atoms with Gasteiger partial charge in [0.25, 0.3) is 0 Å².